The van der Waals surface area contributed by atoms with E-state index >= 15 is 0 Å². The van der Waals surface area contributed by atoms with Crippen LogP contribution in [0.4, 0.5) is 4.79 Å². The van der Waals surface area contributed by atoms with Crippen molar-refractivity contribution in [3.63, 3.8) is 0 Å². The molecule has 1 saturated heterocycles. The minimum atomic E-state index is -3.18. The van der Waals surface area contributed by atoms with Gasteiger partial charge in [-0.2, -0.15) is 0 Å². The minimum absolute atomic E-state index is 0.0158. The van der Waals surface area contributed by atoms with E-state index in [1.165, 1.54) is 6.08 Å². The second kappa shape index (κ2) is 6.05. The summed E-state index contributed by atoms with van der Waals surface area (Å²) in [5.74, 6) is -1.38. The van der Waals surface area contributed by atoms with Crippen molar-refractivity contribution in [2.75, 3.05) is 18.1 Å². The highest BCUT2D eigenvalue weighted by molar-refractivity contribution is 7.91. The van der Waals surface area contributed by atoms with Gasteiger partial charge in [0, 0.05) is 12.1 Å². The standard InChI is InChI=1S/C11H18N2O5S/c1-3-8(2)12-11(16)13(6-10(14)15)9-4-5-19(17,18)7-9/h3,8-9H,1,4-7H2,2H3,(H,12,16)(H,14,15). The number of carbonyl (C=O) groups is 2. The molecule has 2 N–H and O–H groups in total. The Kier molecular flexibility index (Phi) is 4.93. The number of carbonyl (C=O) groups excluding carboxylic acids is 1. The molecule has 0 radical (unpaired) electrons. The van der Waals surface area contributed by atoms with Gasteiger partial charge < -0.3 is 15.3 Å². The third kappa shape index (κ3) is 4.55. The van der Waals surface area contributed by atoms with Gasteiger partial charge in [-0.1, -0.05) is 6.08 Å². The molecule has 108 valence electrons. The van der Waals surface area contributed by atoms with Crippen LogP contribution in [0.2, 0.25) is 0 Å². The molecule has 2 atom stereocenters. The second-order valence-electron chi connectivity index (χ2n) is 4.55. The average Bonchev–Trinajstić information content (AvgIpc) is 2.65. The second-order valence-corrected chi connectivity index (χ2v) is 6.78. The van der Waals surface area contributed by atoms with Gasteiger partial charge in [0.15, 0.2) is 9.84 Å². The van der Waals surface area contributed by atoms with Crippen LogP contribution in [0.5, 0.6) is 0 Å². The van der Waals surface area contributed by atoms with E-state index in [2.05, 4.69) is 11.9 Å². The van der Waals surface area contributed by atoms with Crippen LogP contribution in [-0.2, 0) is 14.6 Å². The first-order valence-electron chi connectivity index (χ1n) is 5.87. The lowest BCUT2D eigenvalue weighted by atomic mass is 10.2. The highest BCUT2D eigenvalue weighted by Crippen LogP contribution is 2.17. The summed E-state index contributed by atoms with van der Waals surface area (Å²) in [4.78, 5) is 23.8. The molecule has 0 saturated carbocycles. The molecule has 1 aliphatic rings. The van der Waals surface area contributed by atoms with Crippen molar-refractivity contribution in [3.05, 3.63) is 12.7 Å². The molecule has 1 rings (SSSR count). The van der Waals surface area contributed by atoms with E-state index in [0.29, 0.717) is 0 Å². The van der Waals surface area contributed by atoms with Gasteiger partial charge in [-0.05, 0) is 13.3 Å². The van der Waals surface area contributed by atoms with Crippen molar-refractivity contribution in [2.45, 2.75) is 25.4 Å². The highest BCUT2D eigenvalue weighted by Gasteiger charge is 2.35. The molecule has 1 heterocycles. The first kappa shape index (κ1) is 15.5. The summed E-state index contributed by atoms with van der Waals surface area (Å²) in [5.41, 5.74) is 0. The highest BCUT2D eigenvalue weighted by atomic mass is 32.2. The summed E-state index contributed by atoms with van der Waals surface area (Å²) in [6, 6.07) is -1.49. The third-order valence-electron chi connectivity index (χ3n) is 2.92. The zero-order valence-corrected chi connectivity index (χ0v) is 11.5. The molecule has 2 unspecified atom stereocenters. The fourth-order valence-electron chi connectivity index (χ4n) is 1.87. The van der Waals surface area contributed by atoms with Gasteiger partial charge in [-0.3, -0.25) is 4.79 Å². The summed E-state index contributed by atoms with van der Waals surface area (Å²) in [7, 11) is -3.18. The first-order valence-corrected chi connectivity index (χ1v) is 7.69. The number of rotatable bonds is 5. The Labute approximate surface area is 112 Å². The van der Waals surface area contributed by atoms with Crippen LogP contribution in [0, 0.1) is 0 Å². The smallest absolute Gasteiger partial charge is 0.323 e. The maximum atomic E-state index is 12.0. The summed E-state index contributed by atoms with van der Waals surface area (Å²) < 4.78 is 22.8. The van der Waals surface area contributed by atoms with Crippen LogP contribution in [0.1, 0.15) is 13.3 Å². The molecule has 0 bridgehead atoms. The molecule has 0 spiro atoms. The Balaban J connectivity index is 2.80. The topological polar surface area (TPSA) is 104 Å². The quantitative estimate of drug-likeness (QED) is 0.685. The van der Waals surface area contributed by atoms with Crippen molar-refractivity contribution in [1.29, 1.82) is 0 Å². The summed E-state index contributed by atoms with van der Waals surface area (Å²) in [5, 5.41) is 11.4. The van der Waals surface area contributed by atoms with Crippen LogP contribution in [0.15, 0.2) is 12.7 Å². The zero-order chi connectivity index (χ0) is 14.6. The number of carboxylic acid groups (broad SMARTS) is 1. The van der Waals surface area contributed by atoms with Crippen molar-refractivity contribution < 1.29 is 23.1 Å². The van der Waals surface area contributed by atoms with Crippen LogP contribution in [0.25, 0.3) is 0 Å². The lowest BCUT2D eigenvalue weighted by Gasteiger charge is -2.27. The molecule has 1 aliphatic heterocycles. The number of aliphatic carboxylic acids is 1. The van der Waals surface area contributed by atoms with E-state index in [1.807, 2.05) is 0 Å². The molecule has 7 nitrogen and oxygen atoms in total. The van der Waals surface area contributed by atoms with Crippen LogP contribution >= 0.6 is 0 Å². The van der Waals surface area contributed by atoms with Crippen LogP contribution in [-0.4, -0.2) is 60.6 Å². The molecule has 8 heteroatoms. The zero-order valence-electron chi connectivity index (χ0n) is 10.7. The third-order valence-corrected chi connectivity index (χ3v) is 4.67. The predicted molar refractivity (Wildman–Crippen MR) is 69.6 cm³/mol. The molecular weight excluding hydrogens is 272 g/mol. The van der Waals surface area contributed by atoms with Gasteiger partial charge in [0.2, 0.25) is 0 Å². The average molecular weight is 290 g/mol. The Hall–Kier alpha value is -1.57. The van der Waals surface area contributed by atoms with Crippen LogP contribution < -0.4 is 5.32 Å². The number of amides is 2. The van der Waals surface area contributed by atoms with Crippen molar-refractivity contribution in [1.82, 2.24) is 10.2 Å². The fraction of sp³-hybridized carbons (Fsp3) is 0.636. The molecule has 0 aromatic rings. The molecule has 0 aromatic carbocycles. The maximum absolute atomic E-state index is 12.0. The van der Waals surface area contributed by atoms with E-state index in [-0.39, 0.29) is 24.0 Å². The Bertz CT molecular complexity index is 473. The molecule has 19 heavy (non-hydrogen) atoms. The SMILES string of the molecule is C=CC(C)NC(=O)N(CC(=O)O)C1CCS(=O)(=O)C1. The molecule has 0 aromatic heterocycles. The van der Waals surface area contributed by atoms with E-state index in [0.717, 1.165) is 4.90 Å². The fourth-order valence-corrected chi connectivity index (χ4v) is 3.60. The van der Waals surface area contributed by atoms with Gasteiger partial charge in [-0.25, -0.2) is 13.2 Å². The normalized spacial score (nSPS) is 22.5. The largest absolute Gasteiger partial charge is 0.480 e. The predicted octanol–water partition coefficient (Wildman–Crippen LogP) is -0.156. The van der Waals surface area contributed by atoms with Gasteiger partial charge in [-0.15, -0.1) is 6.58 Å². The number of hydrogen-bond donors (Lipinski definition) is 2. The number of sulfone groups is 1. The van der Waals surface area contributed by atoms with Gasteiger partial charge >= 0.3 is 12.0 Å². The number of nitrogens with zero attached hydrogens (tertiary/aromatic N) is 1. The van der Waals surface area contributed by atoms with E-state index in [4.69, 9.17) is 5.11 Å². The summed E-state index contributed by atoms with van der Waals surface area (Å²) in [6.45, 7) is 4.68. The summed E-state index contributed by atoms with van der Waals surface area (Å²) in [6.07, 6.45) is 1.77. The van der Waals surface area contributed by atoms with Gasteiger partial charge in [0.05, 0.1) is 11.5 Å². The monoisotopic (exact) mass is 290 g/mol. The van der Waals surface area contributed by atoms with E-state index in [9.17, 15) is 18.0 Å². The molecular formula is C11H18N2O5S. The van der Waals surface area contributed by atoms with Crippen molar-refractivity contribution in [2.24, 2.45) is 0 Å². The lowest BCUT2D eigenvalue weighted by molar-refractivity contribution is -0.138. The number of nitrogens with one attached hydrogen (secondary N) is 1. The minimum Gasteiger partial charge on any atom is -0.480 e. The lowest BCUT2D eigenvalue weighted by Crippen LogP contribution is -2.50. The Morgan fingerprint density at radius 3 is 2.63 bits per heavy atom. The summed E-state index contributed by atoms with van der Waals surface area (Å²) >= 11 is 0. The number of hydrogen-bond acceptors (Lipinski definition) is 4. The molecule has 2 amide bonds. The Morgan fingerprint density at radius 1 is 1.58 bits per heavy atom. The Morgan fingerprint density at radius 2 is 2.21 bits per heavy atom. The van der Waals surface area contributed by atoms with Crippen molar-refractivity contribution >= 4 is 21.8 Å². The van der Waals surface area contributed by atoms with Crippen molar-refractivity contribution in [3.8, 4) is 0 Å². The van der Waals surface area contributed by atoms with Gasteiger partial charge in [0.1, 0.15) is 6.54 Å². The van der Waals surface area contributed by atoms with Crippen LogP contribution in [0.3, 0.4) is 0 Å². The number of urea groups is 1. The van der Waals surface area contributed by atoms with E-state index in [1.54, 1.807) is 6.92 Å². The maximum Gasteiger partial charge on any atom is 0.323 e. The first-order chi connectivity index (χ1) is 8.75. The molecule has 0 aliphatic carbocycles. The van der Waals surface area contributed by atoms with E-state index < -0.39 is 34.4 Å². The number of carboxylic acids is 1. The molecule has 1 fully saturated rings. The van der Waals surface area contributed by atoms with Gasteiger partial charge in [0.25, 0.3) is 0 Å².